The highest BCUT2D eigenvalue weighted by Crippen LogP contribution is 2.32. The van der Waals surface area contributed by atoms with E-state index in [0.717, 1.165) is 25.2 Å². The molecule has 0 unspecified atom stereocenters. The van der Waals surface area contributed by atoms with Crippen LogP contribution in [0.1, 0.15) is 17.5 Å². The summed E-state index contributed by atoms with van der Waals surface area (Å²) in [7, 11) is 0. The van der Waals surface area contributed by atoms with Crippen LogP contribution >= 0.6 is 0 Å². The van der Waals surface area contributed by atoms with E-state index in [1.54, 1.807) is 12.5 Å². The standard InChI is InChI=1S/C14H16N2O/c15-13-4-1-5-14-12(13)3-2-7-16(14)9-11-6-8-17-10-11/h1,4-6,8,10H,2-3,7,9,15H2. The highest BCUT2D eigenvalue weighted by atomic mass is 16.3. The van der Waals surface area contributed by atoms with E-state index in [0.29, 0.717) is 0 Å². The normalized spacial score (nSPS) is 14.7. The molecule has 3 heteroatoms. The van der Waals surface area contributed by atoms with E-state index in [1.165, 1.54) is 23.2 Å². The molecule has 0 fully saturated rings. The Morgan fingerprint density at radius 2 is 2.24 bits per heavy atom. The lowest BCUT2D eigenvalue weighted by atomic mass is 9.99. The summed E-state index contributed by atoms with van der Waals surface area (Å²) in [5, 5.41) is 0. The van der Waals surface area contributed by atoms with Crippen LogP contribution in [0.15, 0.2) is 41.2 Å². The van der Waals surface area contributed by atoms with Gasteiger partial charge in [-0.25, -0.2) is 0 Å². The van der Waals surface area contributed by atoms with E-state index in [1.807, 2.05) is 18.2 Å². The fourth-order valence-corrected chi connectivity index (χ4v) is 2.50. The number of nitrogens with two attached hydrogens (primary N) is 1. The number of rotatable bonds is 2. The van der Waals surface area contributed by atoms with E-state index >= 15 is 0 Å². The molecule has 1 aromatic carbocycles. The smallest absolute Gasteiger partial charge is 0.0952 e. The molecule has 0 atom stereocenters. The number of benzene rings is 1. The number of nitrogens with zero attached hydrogens (tertiary/aromatic N) is 1. The molecule has 1 aliphatic rings. The van der Waals surface area contributed by atoms with E-state index in [4.69, 9.17) is 10.2 Å². The topological polar surface area (TPSA) is 42.4 Å². The molecule has 2 heterocycles. The monoisotopic (exact) mass is 228 g/mol. The molecule has 0 radical (unpaired) electrons. The highest BCUT2D eigenvalue weighted by Gasteiger charge is 2.18. The lowest BCUT2D eigenvalue weighted by molar-refractivity contribution is 0.562. The van der Waals surface area contributed by atoms with Gasteiger partial charge in [0.1, 0.15) is 0 Å². The quantitative estimate of drug-likeness (QED) is 0.804. The van der Waals surface area contributed by atoms with Crippen molar-refractivity contribution in [1.82, 2.24) is 0 Å². The molecule has 3 nitrogen and oxygen atoms in total. The third-order valence-corrected chi connectivity index (χ3v) is 3.34. The predicted octanol–water partition coefficient (Wildman–Crippen LogP) is 2.81. The zero-order valence-electron chi connectivity index (χ0n) is 9.73. The lowest BCUT2D eigenvalue weighted by Crippen LogP contribution is -2.29. The average Bonchev–Trinajstić information content (AvgIpc) is 2.83. The van der Waals surface area contributed by atoms with Crippen LogP contribution in [0.5, 0.6) is 0 Å². The number of furan rings is 1. The molecular formula is C14H16N2O. The Labute approximate surface area is 101 Å². The average molecular weight is 228 g/mol. The summed E-state index contributed by atoms with van der Waals surface area (Å²) in [5.74, 6) is 0. The van der Waals surface area contributed by atoms with Crippen molar-refractivity contribution in [3.05, 3.63) is 47.9 Å². The van der Waals surface area contributed by atoms with Crippen LogP contribution in [0, 0.1) is 0 Å². The fourth-order valence-electron chi connectivity index (χ4n) is 2.50. The predicted molar refractivity (Wildman–Crippen MR) is 68.9 cm³/mol. The van der Waals surface area contributed by atoms with E-state index < -0.39 is 0 Å². The molecule has 0 amide bonds. The number of hydrogen-bond acceptors (Lipinski definition) is 3. The van der Waals surface area contributed by atoms with Gasteiger partial charge in [-0.15, -0.1) is 0 Å². The summed E-state index contributed by atoms with van der Waals surface area (Å²) in [6.45, 7) is 1.98. The van der Waals surface area contributed by atoms with Crippen molar-refractivity contribution in [2.45, 2.75) is 19.4 Å². The lowest BCUT2D eigenvalue weighted by Gasteiger charge is -2.31. The van der Waals surface area contributed by atoms with Gasteiger partial charge in [-0.3, -0.25) is 0 Å². The zero-order chi connectivity index (χ0) is 11.7. The molecule has 0 bridgehead atoms. The second kappa shape index (κ2) is 4.17. The van der Waals surface area contributed by atoms with Gasteiger partial charge in [0, 0.05) is 30.0 Å². The molecule has 3 rings (SSSR count). The minimum Gasteiger partial charge on any atom is -0.472 e. The molecule has 0 aliphatic carbocycles. The summed E-state index contributed by atoms with van der Waals surface area (Å²) < 4.78 is 5.12. The Bertz CT molecular complexity index is 505. The number of anilines is 2. The summed E-state index contributed by atoms with van der Waals surface area (Å²) in [6, 6.07) is 8.19. The van der Waals surface area contributed by atoms with Crippen LogP contribution in [0.2, 0.25) is 0 Å². The molecule has 17 heavy (non-hydrogen) atoms. The van der Waals surface area contributed by atoms with Crippen molar-refractivity contribution in [3.8, 4) is 0 Å². The Hall–Kier alpha value is -1.90. The van der Waals surface area contributed by atoms with E-state index in [9.17, 15) is 0 Å². The van der Waals surface area contributed by atoms with Crippen molar-refractivity contribution in [2.24, 2.45) is 0 Å². The molecule has 88 valence electrons. The van der Waals surface area contributed by atoms with Gasteiger partial charge in [-0.05, 0) is 36.6 Å². The second-order valence-corrected chi connectivity index (χ2v) is 4.50. The first-order chi connectivity index (χ1) is 8.34. The van der Waals surface area contributed by atoms with Gasteiger partial charge in [0.2, 0.25) is 0 Å². The summed E-state index contributed by atoms with van der Waals surface area (Å²) in [6.07, 6.45) is 5.78. The molecule has 1 aliphatic heterocycles. The molecule has 0 saturated heterocycles. The van der Waals surface area contributed by atoms with Crippen molar-refractivity contribution in [2.75, 3.05) is 17.2 Å². The molecule has 2 aromatic rings. The molecule has 0 spiro atoms. The highest BCUT2D eigenvalue weighted by molar-refractivity contribution is 5.66. The number of nitrogen functional groups attached to an aromatic ring is 1. The van der Waals surface area contributed by atoms with Gasteiger partial charge < -0.3 is 15.1 Å². The zero-order valence-corrected chi connectivity index (χ0v) is 9.73. The maximum absolute atomic E-state index is 6.03. The van der Waals surface area contributed by atoms with Crippen LogP contribution < -0.4 is 10.6 Å². The van der Waals surface area contributed by atoms with E-state index in [-0.39, 0.29) is 0 Å². The van der Waals surface area contributed by atoms with E-state index in [2.05, 4.69) is 11.0 Å². The van der Waals surface area contributed by atoms with Gasteiger partial charge in [-0.2, -0.15) is 0 Å². The van der Waals surface area contributed by atoms with Gasteiger partial charge in [0.25, 0.3) is 0 Å². The minimum atomic E-state index is 0.896. The Kier molecular flexibility index (Phi) is 2.52. The fraction of sp³-hybridized carbons (Fsp3) is 0.286. The summed E-state index contributed by atoms with van der Waals surface area (Å²) in [5.41, 5.74) is 10.7. The van der Waals surface area contributed by atoms with Crippen LogP contribution in [0.25, 0.3) is 0 Å². The molecule has 0 saturated carbocycles. The van der Waals surface area contributed by atoms with Crippen LogP contribution in [0.4, 0.5) is 11.4 Å². The third-order valence-electron chi connectivity index (χ3n) is 3.34. The number of fused-ring (bicyclic) bond motifs is 1. The van der Waals surface area contributed by atoms with Gasteiger partial charge in [0.15, 0.2) is 0 Å². The van der Waals surface area contributed by atoms with Crippen molar-refractivity contribution < 1.29 is 4.42 Å². The first kappa shape index (κ1) is 10.3. The Morgan fingerprint density at radius 1 is 1.29 bits per heavy atom. The van der Waals surface area contributed by atoms with Gasteiger partial charge >= 0.3 is 0 Å². The first-order valence-corrected chi connectivity index (χ1v) is 5.98. The molecular weight excluding hydrogens is 212 g/mol. The van der Waals surface area contributed by atoms with Gasteiger partial charge in [0.05, 0.1) is 12.5 Å². The number of hydrogen-bond donors (Lipinski definition) is 1. The molecule has 1 aromatic heterocycles. The second-order valence-electron chi connectivity index (χ2n) is 4.50. The maximum atomic E-state index is 6.03. The van der Waals surface area contributed by atoms with Crippen molar-refractivity contribution in [3.63, 3.8) is 0 Å². The van der Waals surface area contributed by atoms with Gasteiger partial charge in [-0.1, -0.05) is 6.07 Å². The van der Waals surface area contributed by atoms with Crippen molar-refractivity contribution in [1.29, 1.82) is 0 Å². The minimum absolute atomic E-state index is 0.896. The first-order valence-electron chi connectivity index (χ1n) is 5.98. The maximum Gasteiger partial charge on any atom is 0.0952 e. The molecule has 2 N–H and O–H groups in total. The van der Waals surface area contributed by atoms with Crippen LogP contribution in [-0.4, -0.2) is 6.54 Å². The van der Waals surface area contributed by atoms with Crippen LogP contribution in [0.3, 0.4) is 0 Å². The van der Waals surface area contributed by atoms with Crippen molar-refractivity contribution >= 4 is 11.4 Å². The summed E-state index contributed by atoms with van der Waals surface area (Å²) >= 11 is 0. The third kappa shape index (κ3) is 1.88. The summed E-state index contributed by atoms with van der Waals surface area (Å²) in [4.78, 5) is 2.38. The van der Waals surface area contributed by atoms with Crippen LogP contribution in [-0.2, 0) is 13.0 Å². The Balaban J connectivity index is 1.92. The largest absolute Gasteiger partial charge is 0.472 e. The Morgan fingerprint density at radius 3 is 3.06 bits per heavy atom. The SMILES string of the molecule is Nc1cccc2c1CCCN2Cc1ccoc1.